The first-order chi connectivity index (χ1) is 13.8. The molecule has 3 N–H and O–H groups in total. The van der Waals surface area contributed by atoms with Crippen LogP contribution in [0.4, 0.5) is 0 Å². The van der Waals surface area contributed by atoms with E-state index in [2.05, 4.69) is 0 Å². The van der Waals surface area contributed by atoms with E-state index in [1.54, 1.807) is 6.07 Å². The van der Waals surface area contributed by atoms with Crippen LogP contribution in [0.5, 0.6) is 11.5 Å². The molecule has 1 aromatic carbocycles. The second-order valence-electron chi connectivity index (χ2n) is 9.30. The van der Waals surface area contributed by atoms with Gasteiger partial charge in [-0.3, -0.25) is 4.79 Å². The molecule has 0 atom stereocenters. The second kappa shape index (κ2) is 6.37. The van der Waals surface area contributed by atoms with Crippen LogP contribution in [0.15, 0.2) is 33.7 Å². The number of phenolic OH excluding ortho intramolecular Hbond substituents is 1. The third kappa shape index (κ3) is 3.02. The van der Waals surface area contributed by atoms with Crippen molar-refractivity contribution in [2.45, 2.75) is 50.4 Å². The van der Waals surface area contributed by atoms with Gasteiger partial charge >= 0.3 is 5.97 Å². The van der Waals surface area contributed by atoms with Crippen LogP contribution in [0.3, 0.4) is 0 Å². The van der Waals surface area contributed by atoms with Gasteiger partial charge in [-0.25, -0.2) is 4.79 Å². The van der Waals surface area contributed by atoms with Crippen molar-refractivity contribution in [2.24, 2.45) is 17.8 Å². The number of carbonyl (C=O) groups is 1. The highest BCUT2D eigenvalue weighted by Gasteiger charge is 2.52. The topological polar surface area (TPSA) is 108 Å². The quantitative estimate of drug-likeness (QED) is 0.725. The van der Waals surface area contributed by atoms with Crippen LogP contribution in [-0.2, 0) is 11.8 Å². The normalized spacial score (nSPS) is 29.9. The lowest BCUT2D eigenvalue weighted by Crippen LogP contribution is -2.48. The van der Waals surface area contributed by atoms with Crippen LogP contribution < -0.4 is 5.43 Å². The molecule has 0 aliphatic heterocycles. The smallest absolute Gasteiger partial charge is 0.335 e. The predicted octanol–water partition coefficient (Wildman–Crippen LogP) is 3.81. The molecule has 0 radical (unpaired) electrons. The summed E-state index contributed by atoms with van der Waals surface area (Å²) in [7, 11) is 0. The number of aromatic carboxylic acids is 1. The summed E-state index contributed by atoms with van der Waals surface area (Å²) in [5.41, 5.74) is 0.580. The van der Waals surface area contributed by atoms with E-state index in [0.717, 1.165) is 37.2 Å². The number of benzene rings is 1. The maximum Gasteiger partial charge on any atom is 0.335 e. The zero-order valence-corrected chi connectivity index (χ0v) is 16.1. The van der Waals surface area contributed by atoms with Gasteiger partial charge in [0.05, 0.1) is 5.56 Å². The number of aromatic hydroxyl groups is 2. The first-order valence-corrected chi connectivity index (χ1v) is 10.2. The van der Waals surface area contributed by atoms with Crippen LogP contribution in [0.1, 0.15) is 65.8 Å². The van der Waals surface area contributed by atoms with Crippen LogP contribution in [-0.4, -0.2) is 21.3 Å². The number of carboxylic acids is 1. The fraction of sp³-hybridized carbons (Fsp3) is 0.478. The predicted molar refractivity (Wildman–Crippen MR) is 104 cm³/mol. The van der Waals surface area contributed by atoms with Crippen LogP contribution in [0, 0.1) is 17.8 Å². The van der Waals surface area contributed by atoms with E-state index >= 15 is 0 Å². The monoisotopic (exact) mass is 396 g/mol. The fourth-order valence-electron chi connectivity index (χ4n) is 6.57. The highest BCUT2D eigenvalue weighted by atomic mass is 16.4. The van der Waals surface area contributed by atoms with Crippen LogP contribution >= 0.6 is 0 Å². The molecule has 6 rings (SSSR count). The van der Waals surface area contributed by atoms with Crippen LogP contribution in [0.2, 0.25) is 0 Å². The van der Waals surface area contributed by atoms with Gasteiger partial charge in [0, 0.05) is 18.1 Å². The largest absolute Gasteiger partial charge is 0.508 e. The van der Waals surface area contributed by atoms with Gasteiger partial charge in [-0.15, -0.1) is 0 Å². The highest BCUT2D eigenvalue weighted by molar-refractivity contribution is 5.90. The van der Waals surface area contributed by atoms with Crippen molar-refractivity contribution in [1.82, 2.24) is 0 Å². The molecule has 0 saturated heterocycles. The molecule has 6 heteroatoms. The Balaban J connectivity index is 1.55. The molecule has 4 fully saturated rings. The molecule has 0 unspecified atom stereocenters. The van der Waals surface area contributed by atoms with Gasteiger partial charge in [0.25, 0.3) is 0 Å². The summed E-state index contributed by atoms with van der Waals surface area (Å²) in [6, 6.07) is 4.31. The number of carboxylic acid groups (broad SMARTS) is 1. The number of rotatable bonds is 4. The first kappa shape index (κ1) is 18.3. The minimum atomic E-state index is -1.06. The third-order valence-electron chi connectivity index (χ3n) is 7.29. The van der Waals surface area contributed by atoms with Crippen molar-refractivity contribution in [3.63, 3.8) is 0 Å². The van der Waals surface area contributed by atoms with Gasteiger partial charge in [0.2, 0.25) is 5.43 Å². The molecular weight excluding hydrogens is 372 g/mol. The van der Waals surface area contributed by atoms with Gasteiger partial charge in [-0.1, -0.05) is 0 Å². The van der Waals surface area contributed by atoms with Gasteiger partial charge in [0.1, 0.15) is 17.8 Å². The Morgan fingerprint density at radius 3 is 2.17 bits per heavy atom. The van der Waals surface area contributed by atoms with E-state index < -0.39 is 17.1 Å². The zero-order chi connectivity index (χ0) is 20.3. The third-order valence-corrected chi connectivity index (χ3v) is 7.29. The van der Waals surface area contributed by atoms with E-state index in [-0.39, 0.29) is 28.9 Å². The number of hydrogen-bond donors (Lipinski definition) is 3. The summed E-state index contributed by atoms with van der Waals surface area (Å²) in [5.74, 6) is 0.851. The van der Waals surface area contributed by atoms with Crippen molar-refractivity contribution < 1.29 is 24.5 Å². The molecule has 4 saturated carbocycles. The molecule has 152 valence electrons. The van der Waals surface area contributed by atoms with E-state index in [4.69, 9.17) is 4.42 Å². The van der Waals surface area contributed by atoms with E-state index in [1.165, 1.54) is 25.3 Å². The Hall–Kier alpha value is -2.76. The highest BCUT2D eigenvalue weighted by Crippen LogP contribution is 2.62. The summed E-state index contributed by atoms with van der Waals surface area (Å²) in [5, 5.41) is 30.1. The minimum Gasteiger partial charge on any atom is -0.508 e. The summed E-state index contributed by atoms with van der Waals surface area (Å²) in [4.78, 5) is 23.7. The Bertz CT molecular complexity index is 1010. The molecule has 1 heterocycles. The Morgan fingerprint density at radius 2 is 1.62 bits per heavy atom. The fourth-order valence-corrected chi connectivity index (χ4v) is 6.57. The average molecular weight is 396 g/mol. The van der Waals surface area contributed by atoms with Crippen molar-refractivity contribution in [3.05, 3.63) is 57.1 Å². The average Bonchev–Trinajstić information content (AvgIpc) is 2.63. The van der Waals surface area contributed by atoms with Gasteiger partial charge in [-0.05, 0) is 79.4 Å². The number of hydrogen-bond acceptors (Lipinski definition) is 5. The van der Waals surface area contributed by atoms with Gasteiger partial charge < -0.3 is 19.7 Å². The Morgan fingerprint density at radius 1 is 1.00 bits per heavy atom. The summed E-state index contributed by atoms with van der Waals surface area (Å²) >= 11 is 0. The molecule has 4 aliphatic rings. The lowest BCUT2D eigenvalue weighted by Gasteiger charge is -2.57. The van der Waals surface area contributed by atoms with Gasteiger partial charge in [0.15, 0.2) is 5.75 Å². The van der Waals surface area contributed by atoms with Crippen molar-refractivity contribution >= 4 is 5.97 Å². The maximum absolute atomic E-state index is 12.0. The van der Waals surface area contributed by atoms with Crippen molar-refractivity contribution in [2.75, 3.05) is 0 Å². The maximum atomic E-state index is 12.0. The lowest BCUT2D eigenvalue weighted by atomic mass is 9.48. The molecule has 2 aromatic rings. The first-order valence-electron chi connectivity index (χ1n) is 10.2. The molecule has 1 aromatic heterocycles. The Labute approximate surface area is 167 Å². The van der Waals surface area contributed by atoms with Crippen molar-refractivity contribution in [1.29, 1.82) is 0 Å². The summed E-state index contributed by atoms with van der Waals surface area (Å²) in [6.45, 7) is 0. The Kier molecular flexibility index (Phi) is 4.02. The van der Waals surface area contributed by atoms with E-state index in [1.807, 2.05) is 0 Å². The molecule has 4 aliphatic carbocycles. The molecule has 0 spiro atoms. The van der Waals surface area contributed by atoms with E-state index in [9.17, 15) is 24.9 Å². The number of phenols is 1. The molecule has 0 amide bonds. The minimum absolute atomic E-state index is 0.0475. The molecular formula is C23H24O6. The SMILES string of the molecule is O=C(O)c1cc(C23CC4CC(CC(C4)C2)C3)c(O)cc1Cc1cc(=O)c(O)co1. The lowest BCUT2D eigenvalue weighted by molar-refractivity contribution is -0.00617. The summed E-state index contributed by atoms with van der Waals surface area (Å²) in [6.07, 6.45) is 7.87. The van der Waals surface area contributed by atoms with Crippen molar-refractivity contribution in [3.8, 4) is 11.5 Å². The summed E-state index contributed by atoms with van der Waals surface area (Å²) < 4.78 is 5.22. The van der Waals surface area contributed by atoms with Gasteiger partial charge in [-0.2, -0.15) is 0 Å². The molecule has 6 nitrogen and oxygen atoms in total. The van der Waals surface area contributed by atoms with Crippen LogP contribution in [0.25, 0.3) is 0 Å². The second-order valence-corrected chi connectivity index (χ2v) is 9.30. The standard InChI is InChI=1S/C23H24O6/c24-19-5-15(4-16-6-20(25)21(26)11-29-16)17(22(27)28)7-18(19)23-8-12-1-13(9-23)3-14(2-12)10-23/h5-7,11-14,24,26H,1-4,8-10H2,(H,27,28). The molecule has 29 heavy (non-hydrogen) atoms. The van der Waals surface area contributed by atoms with E-state index in [0.29, 0.717) is 23.3 Å². The molecule has 4 bridgehead atoms. The zero-order valence-electron chi connectivity index (χ0n) is 16.1.